The summed E-state index contributed by atoms with van der Waals surface area (Å²) in [5.41, 5.74) is 0.944. The number of hydrogen-bond donors (Lipinski definition) is 1. The van der Waals surface area contributed by atoms with Crippen molar-refractivity contribution in [3.05, 3.63) is 48.6 Å². The number of carbonyl (C=O) groups is 1. The third kappa shape index (κ3) is 18.7. The van der Waals surface area contributed by atoms with Gasteiger partial charge in [-0.1, -0.05) is 36.4 Å². The molecule has 1 rings (SSSR count). The standard InChI is InChI=1S/C23H37NO8/c1-2-9-26-11-13-28-15-17-30-19-20-31-18-16-29-14-12-27-10-8-24-23(25)32-21-22-6-4-3-5-7-22/h2-7H,1,8-21H2,(H,24,25). The third-order valence-corrected chi connectivity index (χ3v) is 3.82. The van der Waals surface area contributed by atoms with E-state index in [-0.39, 0.29) is 6.61 Å². The fraction of sp³-hybridized carbons (Fsp3) is 0.609. The van der Waals surface area contributed by atoms with Gasteiger partial charge in [-0.15, -0.1) is 6.58 Å². The van der Waals surface area contributed by atoms with Gasteiger partial charge in [-0.3, -0.25) is 0 Å². The Kier molecular flexibility index (Phi) is 19.4. The second-order valence-corrected chi connectivity index (χ2v) is 6.41. The number of rotatable bonds is 22. The zero-order valence-corrected chi connectivity index (χ0v) is 18.8. The normalized spacial score (nSPS) is 10.8. The second-order valence-electron chi connectivity index (χ2n) is 6.41. The summed E-state index contributed by atoms with van der Waals surface area (Å²) in [5.74, 6) is 0. The number of amides is 1. The molecular formula is C23H37NO8. The topological polar surface area (TPSA) is 93.7 Å². The van der Waals surface area contributed by atoms with Crippen molar-refractivity contribution in [2.24, 2.45) is 0 Å². The van der Waals surface area contributed by atoms with Crippen molar-refractivity contribution in [1.82, 2.24) is 5.32 Å². The van der Waals surface area contributed by atoms with Crippen LogP contribution in [0.25, 0.3) is 0 Å². The molecule has 32 heavy (non-hydrogen) atoms. The molecule has 1 aromatic rings. The summed E-state index contributed by atoms with van der Waals surface area (Å²) in [6.45, 7) is 10.2. The van der Waals surface area contributed by atoms with Crippen LogP contribution in [0.5, 0.6) is 0 Å². The molecule has 0 bridgehead atoms. The van der Waals surface area contributed by atoms with Crippen molar-refractivity contribution in [3.63, 3.8) is 0 Å². The molecule has 0 saturated heterocycles. The van der Waals surface area contributed by atoms with Crippen LogP contribution in [0, 0.1) is 0 Å². The maximum atomic E-state index is 11.6. The highest BCUT2D eigenvalue weighted by Gasteiger charge is 2.01. The lowest BCUT2D eigenvalue weighted by molar-refractivity contribution is -0.0155. The molecule has 0 fully saturated rings. The summed E-state index contributed by atoms with van der Waals surface area (Å²) in [6, 6.07) is 9.51. The van der Waals surface area contributed by atoms with Crippen molar-refractivity contribution >= 4 is 6.09 Å². The second kappa shape index (κ2) is 22.2. The maximum Gasteiger partial charge on any atom is 0.407 e. The van der Waals surface area contributed by atoms with Crippen LogP contribution in [0.2, 0.25) is 0 Å². The molecule has 0 spiro atoms. The highest BCUT2D eigenvalue weighted by molar-refractivity contribution is 5.67. The number of alkyl carbamates (subject to hydrolysis) is 1. The number of carbonyl (C=O) groups excluding carboxylic acids is 1. The predicted molar refractivity (Wildman–Crippen MR) is 120 cm³/mol. The van der Waals surface area contributed by atoms with E-state index in [2.05, 4.69) is 11.9 Å². The molecule has 0 heterocycles. The fourth-order valence-corrected chi connectivity index (χ4v) is 2.27. The van der Waals surface area contributed by atoms with Crippen LogP contribution in [0.1, 0.15) is 5.56 Å². The summed E-state index contributed by atoms with van der Waals surface area (Å²) in [7, 11) is 0. The zero-order valence-electron chi connectivity index (χ0n) is 18.8. The molecule has 0 aromatic heterocycles. The van der Waals surface area contributed by atoms with E-state index in [0.29, 0.717) is 85.8 Å². The number of hydrogen-bond acceptors (Lipinski definition) is 8. The van der Waals surface area contributed by atoms with Gasteiger partial charge in [-0.2, -0.15) is 0 Å². The highest BCUT2D eigenvalue weighted by atomic mass is 16.6. The summed E-state index contributed by atoms with van der Waals surface area (Å²) >= 11 is 0. The lowest BCUT2D eigenvalue weighted by Gasteiger charge is -2.09. The van der Waals surface area contributed by atoms with Crippen LogP contribution in [0.4, 0.5) is 4.79 Å². The quantitative estimate of drug-likeness (QED) is 0.210. The van der Waals surface area contributed by atoms with E-state index in [1.54, 1.807) is 6.08 Å². The molecule has 0 radical (unpaired) electrons. The first-order valence-corrected chi connectivity index (χ1v) is 10.8. The van der Waals surface area contributed by atoms with Gasteiger partial charge in [-0.25, -0.2) is 4.79 Å². The Bertz CT molecular complexity index is 558. The van der Waals surface area contributed by atoms with E-state index in [0.717, 1.165) is 5.56 Å². The zero-order chi connectivity index (χ0) is 23.0. The van der Waals surface area contributed by atoms with Crippen LogP contribution < -0.4 is 5.32 Å². The van der Waals surface area contributed by atoms with Crippen molar-refractivity contribution < 1.29 is 38.0 Å². The average molecular weight is 456 g/mol. The molecule has 0 aliphatic carbocycles. The Hall–Kier alpha value is -2.01. The minimum absolute atomic E-state index is 0.247. The lowest BCUT2D eigenvalue weighted by atomic mass is 10.2. The summed E-state index contributed by atoms with van der Waals surface area (Å²) in [5, 5.41) is 2.63. The Labute approximate surface area is 190 Å². The van der Waals surface area contributed by atoms with E-state index in [9.17, 15) is 4.79 Å². The van der Waals surface area contributed by atoms with Crippen LogP contribution in [-0.4, -0.2) is 91.9 Å². The smallest absolute Gasteiger partial charge is 0.407 e. The molecule has 0 saturated carbocycles. The van der Waals surface area contributed by atoms with E-state index in [1.807, 2.05) is 30.3 Å². The van der Waals surface area contributed by atoms with Crippen molar-refractivity contribution in [1.29, 1.82) is 0 Å². The van der Waals surface area contributed by atoms with Crippen molar-refractivity contribution in [3.8, 4) is 0 Å². The summed E-state index contributed by atoms with van der Waals surface area (Å²) in [6.07, 6.45) is 1.24. The SMILES string of the molecule is C=CCOCCOCCOCCOCCOCCOCCNC(=O)OCc1ccccc1. The predicted octanol–water partition coefficient (Wildman–Crippen LogP) is 2.20. The Morgan fingerprint density at radius 3 is 1.69 bits per heavy atom. The van der Waals surface area contributed by atoms with Gasteiger partial charge in [0.05, 0.1) is 79.3 Å². The van der Waals surface area contributed by atoms with Crippen molar-refractivity contribution in [2.45, 2.75) is 6.61 Å². The minimum atomic E-state index is -0.462. The van der Waals surface area contributed by atoms with Crippen LogP contribution in [0.15, 0.2) is 43.0 Å². The van der Waals surface area contributed by atoms with Gasteiger partial charge in [0.2, 0.25) is 0 Å². The molecule has 0 atom stereocenters. The number of benzene rings is 1. The van der Waals surface area contributed by atoms with Crippen LogP contribution >= 0.6 is 0 Å². The minimum Gasteiger partial charge on any atom is -0.445 e. The molecule has 0 unspecified atom stereocenters. The Balaban J connectivity index is 1.71. The van der Waals surface area contributed by atoms with Gasteiger partial charge >= 0.3 is 6.09 Å². The number of nitrogens with one attached hydrogen (secondary N) is 1. The molecule has 1 aromatic carbocycles. The monoisotopic (exact) mass is 455 g/mol. The first kappa shape index (κ1) is 28.0. The molecule has 1 N–H and O–H groups in total. The fourth-order valence-electron chi connectivity index (χ4n) is 2.27. The van der Waals surface area contributed by atoms with E-state index >= 15 is 0 Å². The van der Waals surface area contributed by atoms with Crippen LogP contribution in [0.3, 0.4) is 0 Å². The van der Waals surface area contributed by atoms with E-state index in [4.69, 9.17) is 33.2 Å². The summed E-state index contributed by atoms with van der Waals surface area (Å²) < 4.78 is 37.2. The first-order valence-electron chi connectivity index (χ1n) is 10.8. The van der Waals surface area contributed by atoms with Gasteiger partial charge in [0, 0.05) is 6.54 Å². The first-order chi connectivity index (χ1) is 15.8. The van der Waals surface area contributed by atoms with Crippen LogP contribution in [-0.2, 0) is 39.8 Å². The lowest BCUT2D eigenvalue weighted by Crippen LogP contribution is -2.28. The average Bonchev–Trinajstić information content (AvgIpc) is 2.82. The molecule has 1 amide bonds. The largest absolute Gasteiger partial charge is 0.445 e. The Morgan fingerprint density at radius 2 is 1.19 bits per heavy atom. The van der Waals surface area contributed by atoms with E-state index in [1.165, 1.54) is 0 Å². The summed E-state index contributed by atoms with van der Waals surface area (Å²) in [4.78, 5) is 11.6. The van der Waals surface area contributed by atoms with Gasteiger partial charge in [0.15, 0.2) is 0 Å². The molecular weight excluding hydrogens is 418 g/mol. The molecule has 9 heteroatoms. The third-order valence-electron chi connectivity index (χ3n) is 3.82. The van der Waals surface area contributed by atoms with E-state index < -0.39 is 6.09 Å². The molecule has 0 aliphatic rings. The highest BCUT2D eigenvalue weighted by Crippen LogP contribution is 2.00. The number of ether oxygens (including phenoxy) is 7. The Morgan fingerprint density at radius 1 is 0.719 bits per heavy atom. The van der Waals surface area contributed by atoms with Gasteiger partial charge in [0.1, 0.15) is 6.61 Å². The molecule has 182 valence electrons. The molecule has 0 aliphatic heterocycles. The van der Waals surface area contributed by atoms with Crippen molar-refractivity contribution in [2.75, 3.05) is 85.8 Å². The maximum absolute atomic E-state index is 11.6. The van der Waals surface area contributed by atoms with Gasteiger partial charge in [0.25, 0.3) is 0 Å². The molecule has 9 nitrogen and oxygen atoms in total. The van der Waals surface area contributed by atoms with Gasteiger partial charge in [-0.05, 0) is 5.56 Å². The van der Waals surface area contributed by atoms with Gasteiger partial charge < -0.3 is 38.5 Å².